The highest BCUT2D eigenvalue weighted by Crippen LogP contribution is 2.01. The summed E-state index contributed by atoms with van der Waals surface area (Å²) in [6, 6.07) is 0. The van der Waals surface area contributed by atoms with Crippen molar-refractivity contribution in [2.45, 2.75) is 45.6 Å². The van der Waals surface area contributed by atoms with Crippen molar-refractivity contribution in [2.75, 3.05) is 27.3 Å². The van der Waals surface area contributed by atoms with Crippen molar-refractivity contribution >= 4 is 0 Å². The first-order chi connectivity index (χ1) is 6.76. The molecule has 1 atom stereocenters. The van der Waals surface area contributed by atoms with E-state index < -0.39 is 0 Å². The summed E-state index contributed by atoms with van der Waals surface area (Å²) >= 11 is 0. The molecule has 0 aromatic heterocycles. The number of aliphatic hydroxyl groups is 1. The Hall–Kier alpha value is -0.120. The Morgan fingerprint density at radius 3 is 2.14 bits per heavy atom. The maximum absolute atomic E-state index is 8.63. The van der Waals surface area contributed by atoms with Gasteiger partial charge in [-0.2, -0.15) is 0 Å². The SMILES string of the molecule is CCCCC(CO)OC.CCCNC. The molecule has 0 saturated heterocycles. The van der Waals surface area contributed by atoms with Crippen LogP contribution in [0.1, 0.15) is 39.5 Å². The minimum absolute atomic E-state index is 0.0601. The monoisotopic (exact) mass is 205 g/mol. The van der Waals surface area contributed by atoms with Crippen LogP contribution < -0.4 is 5.32 Å². The van der Waals surface area contributed by atoms with Crippen molar-refractivity contribution in [3.05, 3.63) is 0 Å². The second-order valence-electron chi connectivity index (χ2n) is 3.29. The predicted octanol–water partition coefficient (Wildman–Crippen LogP) is 1.80. The van der Waals surface area contributed by atoms with E-state index in [-0.39, 0.29) is 12.7 Å². The quantitative estimate of drug-likeness (QED) is 0.666. The first-order valence-corrected chi connectivity index (χ1v) is 5.54. The van der Waals surface area contributed by atoms with E-state index in [1.165, 1.54) is 12.8 Å². The molecule has 0 fully saturated rings. The first kappa shape index (κ1) is 16.3. The molecule has 0 spiro atoms. The standard InChI is InChI=1S/C7H16O2.C4H11N/c1-3-4-5-7(6-8)9-2;1-3-4-5-2/h7-8H,3-6H2,1-2H3;5H,3-4H2,1-2H3. The van der Waals surface area contributed by atoms with Crippen LogP contribution in [-0.2, 0) is 4.74 Å². The average molecular weight is 205 g/mol. The average Bonchev–Trinajstić information content (AvgIpc) is 2.22. The van der Waals surface area contributed by atoms with Crippen molar-refractivity contribution in [1.29, 1.82) is 0 Å². The fourth-order valence-electron chi connectivity index (χ4n) is 0.965. The Kier molecular flexibility index (Phi) is 17.9. The Morgan fingerprint density at radius 2 is 1.93 bits per heavy atom. The number of methoxy groups -OCH3 is 1. The molecular formula is C11H27NO2. The number of hydrogen-bond donors (Lipinski definition) is 2. The molecule has 0 aliphatic rings. The first-order valence-electron chi connectivity index (χ1n) is 5.54. The van der Waals surface area contributed by atoms with Gasteiger partial charge in [-0.15, -0.1) is 0 Å². The fraction of sp³-hybridized carbons (Fsp3) is 1.00. The van der Waals surface area contributed by atoms with Gasteiger partial charge in [-0.25, -0.2) is 0 Å². The van der Waals surface area contributed by atoms with E-state index in [0.29, 0.717) is 0 Å². The van der Waals surface area contributed by atoms with E-state index in [2.05, 4.69) is 19.2 Å². The van der Waals surface area contributed by atoms with Crippen LogP contribution >= 0.6 is 0 Å². The number of unbranched alkanes of at least 4 members (excludes halogenated alkanes) is 1. The van der Waals surface area contributed by atoms with Gasteiger partial charge in [0.15, 0.2) is 0 Å². The molecule has 0 rings (SSSR count). The van der Waals surface area contributed by atoms with E-state index >= 15 is 0 Å². The molecule has 88 valence electrons. The van der Waals surface area contributed by atoms with Crippen molar-refractivity contribution in [3.8, 4) is 0 Å². The fourth-order valence-corrected chi connectivity index (χ4v) is 0.965. The van der Waals surface area contributed by atoms with Crippen LogP contribution in [0.3, 0.4) is 0 Å². The third-order valence-electron chi connectivity index (χ3n) is 1.92. The van der Waals surface area contributed by atoms with Crippen LogP contribution in [0.5, 0.6) is 0 Å². The van der Waals surface area contributed by atoms with E-state index in [1.807, 2.05) is 7.05 Å². The van der Waals surface area contributed by atoms with Crippen LogP contribution in [0.2, 0.25) is 0 Å². The Balaban J connectivity index is 0. The molecule has 14 heavy (non-hydrogen) atoms. The van der Waals surface area contributed by atoms with E-state index in [0.717, 1.165) is 19.4 Å². The highest BCUT2D eigenvalue weighted by molar-refractivity contribution is 4.53. The molecule has 3 nitrogen and oxygen atoms in total. The Bertz CT molecular complexity index is 83.4. The van der Waals surface area contributed by atoms with Gasteiger partial charge in [-0.1, -0.05) is 26.7 Å². The summed E-state index contributed by atoms with van der Waals surface area (Å²) in [7, 11) is 3.60. The number of rotatable bonds is 7. The maximum Gasteiger partial charge on any atom is 0.0802 e. The zero-order valence-corrected chi connectivity index (χ0v) is 10.2. The van der Waals surface area contributed by atoms with Crippen LogP contribution in [0, 0.1) is 0 Å². The smallest absolute Gasteiger partial charge is 0.0802 e. The number of hydrogen-bond acceptors (Lipinski definition) is 3. The molecule has 0 aliphatic heterocycles. The van der Waals surface area contributed by atoms with Gasteiger partial charge in [0.2, 0.25) is 0 Å². The molecule has 3 heteroatoms. The molecule has 0 radical (unpaired) electrons. The van der Waals surface area contributed by atoms with Gasteiger partial charge in [-0.3, -0.25) is 0 Å². The Morgan fingerprint density at radius 1 is 1.29 bits per heavy atom. The van der Waals surface area contributed by atoms with E-state index in [4.69, 9.17) is 9.84 Å². The molecule has 2 N–H and O–H groups in total. The maximum atomic E-state index is 8.63. The molecule has 0 aliphatic carbocycles. The lowest BCUT2D eigenvalue weighted by Crippen LogP contribution is -2.14. The van der Waals surface area contributed by atoms with Gasteiger partial charge in [-0.05, 0) is 26.4 Å². The molecule has 0 aromatic rings. The second-order valence-corrected chi connectivity index (χ2v) is 3.29. The zero-order valence-electron chi connectivity index (χ0n) is 10.2. The summed E-state index contributed by atoms with van der Waals surface area (Å²) < 4.78 is 4.95. The molecule has 1 unspecified atom stereocenters. The lowest BCUT2D eigenvalue weighted by molar-refractivity contribution is 0.0418. The van der Waals surface area contributed by atoms with Gasteiger partial charge in [0.05, 0.1) is 12.7 Å². The molecular weight excluding hydrogens is 178 g/mol. The number of nitrogens with one attached hydrogen (secondary N) is 1. The third-order valence-corrected chi connectivity index (χ3v) is 1.92. The largest absolute Gasteiger partial charge is 0.394 e. The van der Waals surface area contributed by atoms with Crippen LogP contribution in [0.4, 0.5) is 0 Å². The van der Waals surface area contributed by atoms with Crippen molar-refractivity contribution < 1.29 is 9.84 Å². The van der Waals surface area contributed by atoms with Crippen LogP contribution in [0.25, 0.3) is 0 Å². The third kappa shape index (κ3) is 14.4. The normalized spacial score (nSPS) is 11.8. The summed E-state index contributed by atoms with van der Waals surface area (Å²) in [6.45, 7) is 5.57. The summed E-state index contributed by atoms with van der Waals surface area (Å²) in [5.74, 6) is 0. The lowest BCUT2D eigenvalue weighted by Gasteiger charge is -2.09. The van der Waals surface area contributed by atoms with Crippen molar-refractivity contribution in [1.82, 2.24) is 5.32 Å². The van der Waals surface area contributed by atoms with Crippen molar-refractivity contribution in [2.24, 2.45) is 0 Å². The zero-order chi connectivity index (χ0) is 11.2. The number of ether oxygens (including phenoxy) is 1. The van der Waals surface area contributed by atoms with Gasteiger partial charge < -0.3 is 15.2 Å². The van der Waals surface area contributed by atoms with Gasteiger partial charge >= 0.3 is 0 Å². The van der Waals surface area contributed by atoms with E-state index in [9.17, 15) is 0 Å². The van der Waals surface area contributed by atoms with E-state index in [1.54, 1.807) is 7.11 Å². The molecule has 0 heterocycles. The highest BCUT2D eigenvalue weighted by Gasteiger charge is 2.02. The topological polar surface area (TPSA) is 41.5 Å². The lowest BCUT2D eigenvalue weighted by atomic mass is 10.2. The van der Waals surface area contributed by atoms with Crippen LogP contribution in [-0.4, -0.2) is 38.5 Å². The highest BCUT2D eigenvalue weighted by atomic mass is 16.5. The predicted molar refractivity (Wildman–Crippen MR) is 61.6 cm³/mol. The molecule has 0 saturated carbocycles. The summed E-state index contributed by atoms with van der Waals surface area (Å²) in [5, 5.41) is 11.6. The Labute approximate surface area is 88.9 Å². The van der Waals surface area contributed by atoms with Gasteiger partial charge in [0.1, 0.15) is 0 Å². The van der Waals surface area contributed by atoms with Gasteiger partial charge in [0, 0.05) is 7.11 Å². The van der Waals surface area contributed by atoms with Gasteiger partial charge in [0.25, 0.3) is 0 Å². The summed E-state index contributed by atoms with van der Waals surface area (Å²) in [6.07, 6.45) is 4.57. The molecule has 0 amide bonds. The minimum atomic E-state index is 0.0601. The minimum Gasteiger partial charge on any atom is -0.394 e. The summed E-state index contributed by atoms with van der Waals surface area (Å²) in [5.41, 5.74) is 0. The van der Waals surface area contributed by atoms with Crippen LogP contribution in [0.15, 0.2) is 0 Å². The number of aliphatic hydroxyl groups excluding tert-OH is 1. The molecule has 0 aromatic carbocycles. The second kappa shape index (κ2) is 15.4. The molecule has 0 bridgehead atoms. The summed E-state index contributed by atoms with van der Waals surface area (Å²) in [4.78, 5) is 0. The van der Waals surface area contributed by atoms with Crippen molar-refractivity contribution in [3.63, 3.8) is 0 Å².